The fourth-order valence-corrected chi connectivity index (χ4v) is 8.65. The number of ether oxygens (including phenoxy) is 4. The number of nitrogens with zero attached hydrogens (tertiary/aromatic N) is 8. The first-order chi connectivity index (χ1) is 26.1. The third-order valence-electron chi connectivity index (χ3n) is 11.2. The lowest BCUT2D eigenvalue weighted by Crippen LogP contribution is -2.35. The maximum absolute atomic E-state index is 6.54. The van der Waals surface area contributed by atoms with Crippen LogP contribution in [0, 0.1) is 0 Å². The lowest BCUT2D eigenvalue weighted by molar-refractivity contribution is -0.0722. The summed E-state index contributed by atoms with van der Waals surface area (Å²) in [6, 6.07) is 13.1. The molecule has 9 rings (SSSR count). The number of hydrogen-bond donors (Lipinski definition) is 0. The maximum Gasteiger partial charge on any atom is 0.292 e. The molecule has 3 aliphatic heterocycles. The minimum absolute atomic E-state index is 0.182. The lowest BCUT2D eigenvalue weighted by Gasteiger charge is -2.33. The summed E-state index contributed by atoms with van der Waals surface area (Å²) >= 11 is 6.11. The fourth-order valence-electron chi connectivity index (χ4n) is 7.78. The highest BCUT2D eigenvalue weighted by molar-refractivity contribution is 6.76. The van der Waals surface area contributed by atoms with Crippen molar-refractivity contribution in [1.29, 1.82) is 0 Å². The van der Waals surface area contributed by atoms with E-state index in [-0.39, 0.29) is 6.10 Å². The van der Waals surface area contributed by atoms with Crippen molar-refractivity contribution in [2.24, 2.45) is 0 Å². The predicted molar refractivity (Wildman–Crippen MR) is 209 cm³/mol. The van der Waals surface area contributed by atoms with E-state index >= 15 is 0 Å². The van der Waals surface area contributed by atoms with Crippen molar-refractivity contribution in [1.82, 2.24) is 39.2 Å². The quantitative estimate of drug-likeness (QED) is 0.0871. The van der Waals surface area contributed by atoms with Gasteiger partial charge in [0.1, 0.15) is 29.6 Å². The Morgan fingerprint density at radius 3 is 2.50 bits per heavy atom. The van der Waals surface area contributed by atoms with Gasteiger partial charge in [-0.1, -0.05) is 43.4 Å². The van der Waals surface area contributed by atoms with Crippen LogP contribution in [0.2, 0.25) is 30.7 Å². The Bertz CT molecular complexity index is 2140. The van der Waals surface area contributed by atoms with E-state index in [2.05, 4.69) is 67.1 Å². The maximum atomic E-state index is 6.54. The van der Waals surface area contributed by atoms with Crippen LogP contribution in [0.4, 0.5) is 0 Å². The average molecular weight is 769 g/mol. The highest BCUT2D eigenvalue weighted by atomic mass is 35.5. The van der Waals surface area contributed by atoms with Gasteiger partial charge < -0.3 is 23.5 Å². The summed E-state index contributed by atoms with van der Waals surface area (Å²) in [5.41, 5.74) is 4.54. The van der Waals surface area contributed by atoms with E-state index in [1.807, 2.05) is 31.3 Å². The van der Waals surface area contributed by atoms with Gasteiger partial charge in [-0.15, -0.1) is 10.2 Å². The molecule has 5 aromatic rings. The molecule has 0 amide bonds. The molecule has 284 valence electrons. The topological polar surface area (TPSA) is 114 Å². The molecular formula is C40H49ClN8O4Si. The third kappa shape index (κ3) is 7.28. The Hall–Kier alpha value is -3.88. The number of piperidine rings is 1. The van der Waals surface area contributed by atoms with Crippen LogP contribution in [0.15, 0.2) is 48.8 Å². The normalized spacial score (nSPS) is 21.9. The molecule has 1 saturated carbocycles. The second-order valence-electron chi connectivity index (χ2n) is 16.7. The largest absolute Gasteiger partial charge is 0.443 e. The molecule has 1 aliphatic carbocycles. The van der Waals surface area contributed by atoms with Crippen molar-refractivity contribution in [3.05, 3.63) is 76.7 Å². The molecule has 0 bridgehead atoms. The number of fused-ring (bicyclic) bond motifs is 2. The fraction of sp³-hybridized carbons (Fsp3) is 0.525. The van der Waals surface area contributed by atoms with E-state index in [1.165, 1.54) is 5.56 Å². The Balaban J connectivity index is 0.921. The van der Waals surface area contributed by atoms with Gasteiger partial charge in [0.15, 0.2) is 23.0 Å². The first-order valence-electron chi connectivity index (χ1n) is 19.4. The molecule has 12 nitrogen and oxygen atoms in total. The highest BCUT2D eigenvalue weighted by Gasteiger charge is 2.42. The zero-order valence-electron chi connectivity index (χ0n) is 31.6. The van der Waals surface area contributed by atoms with Crippen LogP contribution in [0.1, 0.15) is 73.8 Å². The molecule has 0 spiro atoms. The summed E-state index contributed by atoms with van der Waals surface area (Å²) in [5.74, 6) is 4.20. The van der Waals surface area contributed by atoms with Crippen molar-refractivity contribution in [2.75, 3.05) is 26.3 Å². The predicted octanol–water partition coefficient (Wildman–Crippen LogP) is 7.74. The van der Waals surface area contributed by atoms with E-state index in [1.54, 1.807) is 6.20 Å². The standard InChI is InChI=1S/C40H49ClN8O4Si/c1-40(34-11-10-29(41)22-42-34)52-33-7-5-6-31(36(33)53-40)26-12-15-47(16-13-26)24-35-44-32-20-28(21-43-39(32)48(35)23-30-14-17-51-30)38-46-45-37(27-8-9-27)49(38)25-50-18-19-54(2,3)4/h5-7,10-11,20-22,26-27,30H,8-9,12-19,23-25H2,1-4H3/t30-,40?/m0/s1. The van der Waals surface area contributed by atoms with Crippen LogP contribution in [0.3, 0.4) is 0 Å². The first-order valence-corrected chi connectivity index (χ1v) is 23.5. The molecule has 0 N–H and O–H groups in total. The number of para-hydroxylation sites is 1. The van der Waals surface area contributed by atoms with Crippen LogP contribution in [0.25, 0.3) is 22.6 Å². The number of rotatable bonds is 13. The molecular weight excluding hydrogens is 720 g/mol. The van der Waals surface area contributed by atoms with Crippen molar-refractivity contribution >= 4 is 30.8 Å². The van der Waals surface area contributed by atoms with E-state index in [0.717, 1.165) is 123 Å². The van der Waals surface area contributed by atoms with Gasteiger partial charge in [-0.25, -0.2) is 9.97 Å². The molecule has 54 heavy (non-hydrogen) atoms. The second kappa shape index (κ2) is 14.3. The van der Waals surface area contributed by atoms with Crippen LogP contribution >= 0.6 is 11.6 Å². The summed E-state index contributed by atoms with van der Waals surface area (Å²) in [7, 11) is -1.19. The zero-order chi connectivity index (χ0) is 37.0. The summed E-state index contributed by atoms with van der Waals surface area (Å²) in [4.78, 5) is 17.3. The smallest absolute Gasteiger partial charge is 0.292 e. The minimum Gasteiger partial charge on any atom is -0.443 e. The summed E-state index contributed by atoms with van der Waals surface area (Å²) < 4.78 is 29.4. The Morgan fingerprint density at radius 1 is 0.944 bits per heavy atom. The minimum atomic E-state index is -1.19. The second-order valence-corrected chi connectivity index (χ2v) is 22.7. The summed E-state index contributed by atoms with van der Waals surface area (Å²) in [6.45, 7) is 14.4. The molecule has 4 aliphatic rings. The molecule has 0 radical (unpaired) electrons. The third-order valence-corrected chi connectivity index (χ3v) is 13.2. The van der Waals surface area contributed by atoms with Gasteiger partial charge in [0.25, 0.3) is 5.79 Å². The molecule has 14 heteroatoms. The van der Waals surface area contributed by atoms with Crippen LogP contribution in [-0.4, -0.2) is 79.7 Å². The van der Waals surface area contributed by atoms with E-state index in [9.17, 15) is 0 Å². The summed E-state index contributed by atoms with van der Waals surface area (Å²) in [6.07, 6.45) is 9.09. The van der Waals surface area contributed by atoms with E-state index < -0.39 is 13.9 Å². The first kappa shape index (κ1) is 35.8. The van der Waals surface area contributed by atoms with E-state index in [4.69, 9.17) is 40.5 Å². The molecule has 1 aromatic carbocycles. The number of benzene rings is 1. The number of aromatic nitrogens is 7. The molecule has 2 atom stereocenters. The van der Waals surface area contributed by atoms with Gasteiger partial charge in [-0.3, -0.25) is 14.5 Å². The van der Waals surface area contributed by atoms with Crippen molar-refractivity contribution in [3.63, 3.8) is 0 Å². The van der Waals surface area contributed by atoms with Gasteiger partial charge in [0.2, 0.25) is 0 Å². The number of halogens is 1. The summed E-state index contributed by atoms with van der Waals surface area (Å²) in [5, 5.41) is 9.88. The lowest BCUT2D eigenvalue weighted by atomic mass is 9.88. The molecule has 2 saturated heterocycles. The Kier molecular flexibility index (Phi) is 9.49. The molecule has 4 aromatic heterocycles. The van der Waals surface area contributed by atoms with Crippen LogP contribution in [-0.2, 0) is 35.1 Å². The van der Waals surface area contributed by atoms with E-state index in [0.29, 0.717) is 29.3 Å². The average Bonchev–Trinajstić information content (AvgIpc) is 3.65. The van der Waals surface area contributed by atoms with Crippen LogP contribution < -0.4 is 9.47 Å². The monoisotopic (exact) mass is 768 g/mol. The van der Waals surface area contributed by atoms with Crippen LogP contribution in [0.5, 0.6) is 11.5 Å². The van der Waals surface area contributed by atoms with Gasteiger partial charge in [-0.05, 0) is 81.4 Å². The Labute approximate surface area is 322 Å². The van der Waals surface area contributed by atoms with Gasteiger partial charge in [-0.2, -0.15) is 0 Å². The van der Waals surface area contributed by atoms with Crippen molar-refractivity contribution in [3.8, 4) is 22.9 Å². The SMILES string of the molecule is CC1(c2ccc(Cl)cn2)Oc2cccc(C3CCN(Cc4nc5cc(-c6nnc(C7CC7)n6COCC[Si](C)(C)C)cnc5n4C[C@@H]4CCO4)CC3)c2O1. The van der Waals surface area contributed by atoms with Gasteiger partial charge in [0.05, 0.1) is 24.2 Å². The molecule has 1 unspecified atom stereocenters. The van der Waals surface area contributed by atoms with Gasteiger partial charge in [0, 0.05) is 57.6 Å². The highest BCUT2D eigenvalue weighted by Crippen LogP contribution is 2.49. The van der Waals surface area contributed by atoms with Gasteiger partial charge >= 0.3 is 0 Å². The number of pyridine rings is 2. The zero-order valence-corrected chi connectivity index (χ0v) is 33.4. The number of imidazole rings is 1. The number of hydrogen-bond acceptors (Lipinski definition) is 10. The van der Waals surface area contributed by atoms with Crippen molar-refractivity contribution in [2.45, 2.75) is 108 Å². The Morgan fingerprint density at radius 2 is 1.78 bits per heavy atom. The molecule has 7 heterocycles. The molecule has 3 fully saturated rings. The number of likely N-dealkylation sites (tertiary alicyclic amines) is 1. The van der Waals surface area contributed by atoms with Crippen molar-refractivity contribution < 1.29 is 18.9 Å².